The molecule has 0 radical (unpaired) electrons. The first kappa shape index (κ1) is 15.2. The van der Waals surface area contributed by atoms with Crippen LogP contribution in [-0.4, -0.2) is 35.3 Å². The number of carboxylic acids is 1. The second kappa shape index (κ2) is 7.03. The molecular weight excluding hydrogens is 276 g/mol. The number of aromatic carboxylic acids is 1. The topological polar surface area (TPSA) is 102 Å². The summed E-state index contributed by atoms with van der Waals surface area (Å²) in [4.78, 5) is 21.5. The molecule has 0 aromatic heterocycles. The van der Waals surface area contributed by atoms with Crippen LogP contribution in [0.1, 0.15) is 36.0 Å². The Kier molecular flexibility index (Phi) is 5.10. The van der Waals surface area contributed by atoms with E-state index in [2.05, 4.69) is 5.32 Å². The number of para-hydroxylation sites is 1. The molecule has 1 saturated carbocycles. The van der Waals surface area contributed by atoms with Crippen LogP contribution in [0.5, 0.6) is 0 Å². The van der Waals surface area contributed by atoms with Crippen LogP contribution < -0.4 is 5.32 Å². The summed E-state index contributed by atoms with van der Waals surface area (Å²) in [6, 6.07) is 3.99. The standard InChI is InChI=1S/C14H18N2O5/c17-14(18)11-6-3-7-12(16(19)20)13(11)15-8-9-21-10-4-1-2-5-10/h3,6-7,10,15H,1-2,4-5,8-9H2,(H,17,18). The Bertz CT molecular complexity index is 494. The highest BCUT2D eigenvalue weighted by atomic mass is 16.6. The van der Waals surface area contributed by atoms with Crippen molar-refractivity contribution < 1.29 is 19.6 Å². The van der Waals surface area contributed by atoms with Crippen molar-refractivity contribution in [2.75, 3.05) is 18.5 Å². The van der Waals surface area contributed by atoms with Crippen LogP contribution >= 0.6 is 0 Å². The van der Waals surface area contributed by atoms with Crippen LogP contribution in [0, 0.1) is 10.1 Å². The maximum absolute atomic E-state index is 11.1. The normalized spacial score (nSPS) is 15.0. The van der Waals surface area contributed by atoms with Gasteiger partial charge in [-0.15, -0.1) is 0 Å². The second-order valence-corrected chi connectivity index (χ2v) is 4.97. The summed E-state index contributed by atoms with van der Waals surface area (Å²) in [5.74, 6) is -1.20. The number of ether oxygens (including phenoxy) is 1. The van der Waals surface area contributed by atoms with E-state index < -0.39 is 10.9 Å². The number of carboxylic acid groups (broad SMARTS) is 1. The predicted molar refractivity (Wildman–Crippen MR) is 76.8 cm³/mol. The number of nitrogens with zero attached hydrogens (tertiary/aromatic N) is 1. The van der Waals surface area contributed by atoms with Gasteiger partial charge in [-0.3, -0.25) is 10.1 Å². The third-order valence-electron chi connectivity index (χ3n) is 3.53. The molecule has 0 spiro atoms. The van der Waals surface area contributed by atoms with Crippen molar-refractivity contribution in [1.82, 2.24) is 0 Å². The lowest BCUT2D eigenvalue weighted by atomic mass is 10.1. The van der Waals surface area contributed by atoms with E-state index >= 15 is 0 Å². The zero-order valence-corrected chi connectivity index (χ0v) is 11.6. The van der Waals surface area contributed by atoms with Crippen molar-refractivity contribution in [3.05, 3.63) is 33.9 Å². The Morgan fingerprint density at radius 3 is 2.76 bits per heavy atom. The molecule has 2 N–H and O–H groups in total. The molecule has 1 fully saturated rings. The van der Waals surface area contributed by atoms with Crippen LogP contribution in [-0.2, 0) is 4.74 Å². The van der Waals surface area contributed by atoms with Crippen molar-refractivity contribution in [1.29, 1.82) is 0 Å². The number of nitro groups is 1. The smallest absolute Gasteiger partial charge is 0.338 e. The fourth-order valence-electron chi connectivity index (χ4n) is 2.51. The first-order valence-electron chi connectivity index (χ1n) is 6.95. The Balaban J connectivity index is 1.99. The van der Waals surface area contributed by atoms with Crippen molar-refractivity contribution >= 4 is 17.3 Å². The van der Waals surface area contributed by atoms with Crippen LogP contribution in [0.4, 0.5) is 11.4 Å². The summed E-state index contributed by atoms with van der Waals surface area (Å²) in [6.45, 7) is 0.734. The molecule has 0 saturated heterocycles. The number of anilines is 1. The van der Waals surface area contributed by atoms with E-state index in [1.807, 2.05) is 0 Å². The van der Waals surface area contributed by atoms with Gasteiger partial charge in [-0.2, -0.15) is 0 Å². The zero-order valence-electron chi connectivity index (χ0n) is 11.6. The van der Waals surface area contributed by atoms with E-state index in [4.69, 9.17) is 9.84 Å². The van der Waals surface area contributed by atoms with Gasteiger partial charge in [-0.05, 0) is 18.9 Å². The van der Waals surface area contributed by atoms with E-state index in [0.717, 1.165) is 12.8 Å². The van der Waals surface area contributed by atoms with Gasteiger partial charge in [0.05, 0.1) is 23.2 Å². The molecule has 1 aliphatic rings. The lowest BCUT2D eigenvalue weighted by Crippen LogP contribution is -2.17. The molecule has 114 valence electrons. The Morgan fingerprint density at radius 2 is 2.14 bits per heavy atom. The fraction of sp³-hybridized carbons (Fsp3) is 0.500. The lowest BCUT2D eigenvalue weighted by molar-refractivity contribution is -0.384. The molecule has 0 bridgehead atoms. The number of nitro benzene ring substituents is 1. The lowest BCUT2D eigenvalue weighted by Gasteiger charge is -2.13. The SMILES string of the molecule is O=C(O)c1cccc([N+](=O)[O-])c1NCCOC1CCCC1. The summed E-state index contributed by atoms with van der Waals surface area (Å²) in [5, 5.41) is 22.9. The molecule has 7 nitrogen and oxygen atoms in total. The summed E-state index contributed by atoms with van der Waals surface area (Å²) >= 11 is 0. The minimum Gasteiger partial charge on any atom is -0.478 e. The maximum atomic E-state index is 11.1. The third kappa shape index (κ3) is 3.91. The predicted octanol–water partition coefficient (Wildman–Crippen LogP) is 2.66. The number of nitrogens with one attached hydrogen (secondary N) is 1. The number of benzene rings is 1. The average Bonchev–Trinajstić information content (AvgIpc) is 2.96. The molecule has 0 atom stereocenters. The molecule has 0 amide bonds. The summed E-state index contributed by atoms with van der Waals surface area (Å²) in [7, 11) is 0. The minimum atomic E-state index is -1.20. The molecule has 2 rings (SSSR count). The first-order valence-corrected chi connectivity index (χ1v) is 6.95. The molecule has 0 unspecified atom stereocenters. The number of hydrogen-bond donors (Lipinski definition) is 2. The quantitative estimate of drug-likeness (QED) is 0.455. The second-order valence-electron chi connectivity index (χ2n) is 4.97. The van der Waals surface area contributed by atoms with E-state index in [1.165, 1.54) is 31.0 Å². The largest absolute Gasteiger partial charge is 0.478 e. The molecule has 1 aliphatic carbocycles. The van der Waals surface area contributed by atoms with Crippen LogP contribution in [0.25, 0.3) is 0 Å². The van der Waals surface area contributed by atoms with Crippen molar-refractivity contribution in [2.24, 2.45) is 0 Å². The van der Waals surface area contributed by atoms with Gasteiger partial charge in [0, 0.05) is 12.6 Å². The molecule has 21 heavy (non-hydrogen) atoms. The molecule has 1 aromatic carbocycles. The molecular formula is C14H18N2O5. The highest BCUT2D eigenvalue weighted by molar-refractivity contribution is 5.96. The van der Waals surface area contributed by atoms with Gasteiger partial charge in [0.1, 0.15) is 5.69 Å². The van der Waals surface area contributed by atoms with Crippen molar-refractivity contribution in [2.45, 2.75) is 31.8 Å². The maximum Gasteiger partial charge on any atom is 0.338 e. The Hall–Kier alpha value is -2.15. The number of hydrogen-bond acceptors (Lipinski definition) is 5. The Labute approximate surface area is 122 Å². The summed E-state index contributed by atoms with van der Waals surface area (Å²) in [6.07, 6.45) is 4.70. The first-order chi connectivity index (χ1) is 10.1. The fourth-order valence-corrected chi connectivity index (χ4v) is 2.51. The summed E-state index contributed by atoms with van der Waals surface area (Å²) in [5.41, 5.74) is -0.314. The number of rotatable bonds is 7. The highest BCUT2D eigenvalue weighted by Gasteiger charge is 2.21. The highest BCUT2D eigenvalue weighted by Crippen LogP contribution is 2.28. The zero-order chi connectivity index (χ0) is 15.2. The van der Waals surface area contributed by atoms with Crippen LogP contribution in [0.3, 0.4) is 0 Å². The van der Waals surface area contributed by atoms with E-state index in [1.54, 1.807) is 0 Å². The Morgan fingerprint density at radius 1 is 1.43 bits per heavy atom. The number of carbonyl (C=O) groups is 1. The van der Waals surface area contributed by atoms with Gasteiger partial charge in [0.15, 0.2) is 0 Å². The molecule has 1 aromatic rings. The van der Waals surface area contributed by atoms with Gasteiger partial charge < -0.3 is 15.2 Å². The van der Waals surface area contributed by atoms with Gasteiger partial charge in [0.25, 0.3) is 5.69 Å². The van der Waals surface area contributed by atoms with E-state index in [0.29, 0.717) is 13.2 Å². The van der Waals surface area contributed by atoms with Gasteiger partial charge in [-0.25, -0.2) is 4.79 Å². The van der Waals surface area contributed by atoms with Gasteiger partial charge in [-0.1, -0.05) is 18.9 Å². The van der Waals surface area contributed by atoms with Crippen LogP contribution in [0.15, 0.2) is 18.2 Å². The van der Waals surface area contributed by atoms with Gasteiger partial charge in [0.2, 0.25) is 0 Å². The molecule has 0 aliphatic heterocycles. The van der Waals surface area contributed by atoms with Gasteiger partial charge >= 0.3 is 5.97 Å². The molecule has 0 heterocycles. The minimum absolute atomic E-state index is 0.0324. The van der Waals surface area contributed by atoms with Crippen molar-refractivity contribution in [3.63, 3.8) is 0 Å². The van der Waals surface area contributed by atoms with E-state index in [-0.39, 0.29) is 23.0 Å². The monoisotopic (exact) mass is 294 g/mol. The average molecular weight is 294 g/mol. The van der Waals surface area contributed by atoms with Crippen LogP contribution in [0.2, 0.25) is 0 Å². The van der Waals surface area contributed by atoms with E-state index in [9.17, 15) is 14.9 Å². The van der Waals surface area contributed by atoms with Crippen molar-refractivity contribution in [3.8, 4) is 0 Å². The summed E-state index contributed by atoms with van der Waals surface area (Å²) < 4.78 is 5.65. The third-order valence-corrected chi connectivity index (χ3v) is 3.53. The molecule has 7 heteroatoms.